The van der Waals surface area contributed by atoms with Gasteiger partial charge in [0.15, 0.2) is 0 Å². The van der Waals surface area contributed by atoms with Crippen LogP contribution in [0.4, 0.5) is 5.69 Å². The fourth-order valence-electron chi connectivity index (χ4n) is 2.69. The minimum absolute atomic E-state index is 0.00501. The van der Waals surface area contributed by atoms with Crippen molar-refractivity contribution in [2.75, 3.05) is 17.8 Å². The molecule has 2 aromatic carbocycles. The average molecular weight is 444 g/mol. The van der Waals surface area contributed by atoms with Gasteiger partial charge in [-0.15, -0.1) is 0 Å². The van der Waals surface area contributed by atoms with Crippen molar-refractivity contribution in [1.29, 1.82) is 0 Å². The van der Waals surface area contributed by atoms with Crippen LogP contribution in [0.5, 0.6) is 0 Å². The zero-order valence-electron chi connectivity index (χ0n) is 13.2. The second-order valence-corrected chi connectivity index (χ2v) is 8.73. The Morgan fingerprint density at radius 1 is 1.08 bits per heavy atom. The number of rotatable bonds is 4. The van der Waals surface area contributed by atoms with Crippen molar-refractivity contribution < 1.29 is 13.2 Å². The molecule has 25 heavy (non-hydrogen) atoms. The number of nitrogens with one attached hydrogen (secondary N) is 1. The Labute approximate surface area is 160 Å². The molecule has 0 spiro atoms. The molecular formula is C17H16BrClN2O3S. The van der Waals surface area contributed by atoms with Crippen molar-refractivity contribution in [2.45, 2.75) is 17.7 Å². The van der Waals surface area contributed by atoms with Crippen LogP contribution in [0.3, 0.4) is 0 Å². The van der Waals surface area contributed by atoms with Gasteiger partial charge < -0.3 is 4.90 Å². The third kappa shape index (κ3) is 4.16. The van der Waals surface area contributed by atoms with Crippen molar-refractivity contribution >= 4 is 49.1 Å². The number of hydrogen-bond acceptors (Lipinski definition) is 3. The van der Waals surface area contributed by atoms with Crippen LogP contribution in [-0.4, -0.2) is 32.3 Å². The highest BCUT2D eigenvalue weighted by Gasteiger charge is 2.21. The lowest BCUT2D eigenvalue weighted by atomic mass is 10.2. The van der Waals surface area contributed by atoms with Crippen LogP contribution in [0.1, 0.15) is 23.2 Å². The number of benzene rings is 2. The summed E-state index contributed by atoms with van der Waals surface area (Å²) in [6.07, 6.45) is 2.05. The van der Waals surface area contributed by atoms with Crippen molar-refractivity contribution in [3.05, 3.63) is 57.5 Å². The predicted molar refractivity (Wildman–Crippen MR) is 102 cm³/mol. The molecule has 8 heteroatoms. The second-order valence-electron chi connectivity index (χ2n) is 5.76. The lowest BCUT2D eigenvalue weighted by Crippen LogP contribution is -2.27. The van der Waals surface area contributed by atoms with Crippen molar-refractivity contribution in [2.24, 2.45) is 0 Å². The van der Waals surface area contributed by atoms with Gasteiger partial charge >= 0.3 is 0 Å². The first kappa shape index (κ1) is 18.2. The van der Waals surface area contributed by atoms with E-state index in [9.17, 15) is 13.2 Å². The maximum Gasteiger partial charge on any atom is 0.263 e. The summed E-state index contributed by atoms with van der Waals surface area (Å²) in [5, 5.41) is 0.128. The van der Waals surface area contributed by atoms with E-state index in [-0.39, 0.29) is 15.8 Å². The van der Waals surface area contributed by atoms with E-state index >= 15 is 0 Å². The van der Waals surface area contributed by atoms with Gasteiger partial charge in [0.05, 0.1) is 5.02 Å². The smallest absolute Gasteiger partial charge is 0.263 e. The molecule has 1 saturated heterocycles. The van der Waals surface area contributed by atoms with Crippen LogP contribution in [-0.2, 0) is 10.0 Å². The van der Waals surface area contributed by atoms with E-state index in [4.69, 9.17) is 11.6 Å². The normalized spacial score (nSPS) is 14.6. The zero-order valence-corrected chi connectivity index (χ0v) is 16.4. The molecule has 0 aliphatic carbocycles. The average Bonchev–Trinajstić information content (AvgIpc) is 3.08. The summed E-state index contributed by atoms with van der Waals surface area (Å²) < 4.78 is 28.1. The standard InChI is InChI=1S/C17H16BrClN2O3S/c18-13-5-8-16(15(19)11-13)25(23,24)20-14-6-3-12(4-7-14)17(22)21-9-1-2-10-21/h3-8,11,20H,1-2,9-10H2. The summed E-state index contributed by atoms with van der Waals surface area (Å²) in [6.45, 7) is 1.55. The highest BCUT2D eigenvalue weighted by molar-refractivity contribution is 9.10. The molecule has 0 unspecified atom stereocenters. The second kappa shape index (κ2) is 7.35. The molecule has 1 aliphatic heterocycles. The third-order valence-corrected chi connectivity index (χ3v) is 6.32. The van der Waals surface area contributed by atoms with E-state index < -0.39 is 10.0 Å². The first-order chi connectivity index (χ1) is 11.9. The van der Waals surface area contributed by atoms with Gasteiger partial charge in [0.1, 0.15) is 4.90 Å². The predicted octanol–water partition coefficient (Wildman–Crippen LogP) is 4.14. The number of hydrogen-bond donors (Lipinski definition) is 1. The van der Waals surface area contributed by atoms with Crippen LogP contribution < -0.4 is 4.72 Å². The number of carbonyl (C=O) groups is 1. The molecular weight excluding hydrogens is 428 g/mol. The topological polar surface area (TPSA) is 66.5 Å². The summed E-state index contributed by atoms with van der Waals surface area (Å²) in [4.78, 5) is 14.1. The molecule has 1 N–H and O–H groups in total. The number of amides is 1. The van der Waals surface area contributed by atoms with Gasteiger partial charge in [0.2, 0.25) is 0 Å². The number of carbonyl (C=O) groups excluding carboxylic acids is 1. The minimum Gasteiger partial charge on any atom is -0.339 e. The van der Waals surface area contributed by atoms with Gasteiger partial charge in [-0.3, -0.25) is 9.52 Å². The maximum atomic E-state index is 12.5. The number of halogens is 2. The maximum absolute atomic E-state index is 12.5. The summed E-state index contributed by atoms with van der Waals surface area (Å²) in [5.74, 6) is -0.0251. The van der Waals surface area contributed by atoms with Crippen LogP contribution in [0.15, 0.2) is 51.8 Å². The lowest BCUT2D eigenvalue weighted by molar-refractivity contribution is 0.0793. The van der Waals surface area contributed by atoms with Crippen LogP contribution in [0, 0.1) is 0 Å². The van der Waals surface area contributed by atoms with Crippen molar-refractivity contribution in [1.82, 2.24) is 4.90 Å². The van der Waals surface area contributed by atoms with Gasteiger partial charge in [0.25, 0.3) is 15.9 Å². The van der Waals surface area contributed by atoms with E-state index in [1.54, 1.807) is 35.2 Å². The van der Waals surface area contributed by atoms with Crippen LogP contribution >= 0.6 is 27.5 Å². The Morgan fingerprint density at radius 3 is 2.32 bits per heavy atom. The Morgan fingerprint density at radius 2 is 1.72 bits per heavy atom. The molecule has 1 fully saturated rings. The molecule has 0 bridgehead atoms. The van der Waals surface area contributed by atoms with Crippen LogP contribution in [0.2, 0.25) is 5.02 Å². The summed E-state index contributed by atoms with van der Waals surface area (Å²) >= 11 is 9.26. The lowest BCUT2D eigenvalue weighted by Gasteiger charge is -2.15. The molecule has 0 radical (unpaired) electrons. The number of nitrogens with zero attached hydrogens (tertiary/aromatic N) is 1. The Kier molecular flexibility index (Phi) is 5.36. The van der Waals surface area contributed by atoms with E-state index in [1.165, 1.54) is 12.1 Å². The monoisotopic (exact) mass is 442 g/mol. The van der Waals surface area contributed by atoms with E-state index in [1.807, 2.05) is 0 Å². The van der Waals surface area contributed by atoms with Crippen LogP contribution in [0.25, 0.3) is 0 Å². The fourth-order valence-corrected chi connectivity index (χ4v) is 4.78. The molecule has 1 aliphatic rings. The van der Waals surface area contributed by atoms with E-state index in [2.05, 4.69) is 20.7 Å². The van der Waals surface area contributed by atoms with Gasteiger partial charge in [0, 0.05) is 28.8 Å². The highest BCUT2D eigenvalue weighted by Crippen LogP contribution is 2.27. The molecule has 0 aromatic heterocycles. The Hall–Kier alpha value is -1.57. The van der Waals surface area contributed by atoms with Gasteiger partial charge in [-0.25, -0.2) is 8.42 Å². The van der Waals surface area contributed by atoms with E-state index in [0.717, 1.165) is 25.9 Å². The number of sulfonamides is 1. The van der Waals surface area contributed by atoms with Crippen molar-refractivity contribution in [3.63, 3.8) is 0 Å². The zero-order chi connectivity index (χ0) is 18.0. The van der Waals surface area contributed by atoms with Gasteiger partial charge in [-0.05, 0) is 55.3 Å². The van der Waals surface area contributed by atoms with Crippen molar-refractivity contribution in [3.8, 4) is 0 Å². The number of anilines is 1. The molecule has 1 heterocycles. The summed E-state index contributed by atoms with van der Waals surface area (Å²) in [5.41, 5.74) is 0.920. The molecule has 2 aromatic rings. The number of likely N-dealkylation sites (tertiary alicyclic amines) is 1. The SMILES string of the molecule is O=C(c1ccc(NS(=O)(=O)c2ccc(Br)cc2Cl)cc1)N1CCCC1. The van der Waals surface area contributed by atoms with Gasteiger partial charge in [-0.1, -0.05) is 27.5 Å². The minimum atomic E-state index is -3.81. The molecule has 5 nitrogen and oxygen atoms in total. The molecule has 132 valence electrons. The fraction of sp³-hybridized carbons (Fsp3) is 0.235. The molecule has 1 amide bonds. The molecule has 3 rings (SSSR count). The first-order valence-electron chi connectivity index (χ1n) is 7.74. The van der Waals surface area contributed by atoms with E-state index in [0.29, 0.717) is 15.7 Å². The summed E-state index contributed by atoms with van der Waals surface area (Å²) in [6, 6.07) is 11.0. The molecule has 0 atom stereocenters. The Balaban J connectivity index is 1.77. The Bertz CT molecular complexity index is 895. The third-order valence-electron chi connectivity index (χ3n) is 3.96. The summed E-state index contributed by atoms with van der Waals surface area (Å²) in [7, 11) is -3.81. The first-order valence-corrected chi connectivity index (χ1v) is 10.4. The van der Waals surface area contributed by atoms with Gasteiger partial charge in [-0.2, -0.15) is 0 Å². The molecule has 0 saturated carbocycles. The largest absolute Gasteiger partial charge is 0.339 e. The quantitative estimate of drug-likeness (QED) is 0.772. The highest BCUT2D eigenvalue weighted by atomic mass is 79.9.